The molecule has 0 spiro atoms. The molecule has 0 aliphatic heterocycles. The molecule has 76 heavy (non-hydrogen) atoms. The van der Waals surface area contributed by atoms with Crippen molar-refractivity contribution in [2.45, 2.75) is 51.3 Å². The van der Waals surface area contributed by atoms with Crippen molar-refractivity contribution in [2.75, 3.05) is 36.8 Å². The predicted molar refractivity (Wildman–Crippen MR) is 280 cm³/mol. The third-order valence-corrected chi connectivity index (χ3v) is 13.3. The third kappa shape index (κ3) is 18.0. The number of aromatic nitrogens is 6. The molecule has 0 amide bonds. The summed E-state index contributed by atoms with van der Waals surface area (Å²) in [6, 6.07) is 20.6. The number of nitrogens with two attached hydrogens (primary N) is 2. The van der Waals surface area contributed by atoms with E-state index in [1.165, 1.54) is 60.7 Å². The summed E-state index contributed by atoms with van der Waals surface area (Å²) in [5.41, 5.74) is 16.0. The van der Waals surface area contributed by atoms with Crippen LogP contribution < -0.4 is 72.3 Å². The molecular weight excluding hydrogens is 1190 g/mol. The summed E-state index contributed by atoms with van der Waals surface area (Å²) < 4.78 is 96.6. The van der Waals surface area contributed by atoms with Gasteiger partial charge in [0.15, 0.2) is 17.2 Å². The molecule has 0 fully saturated rings. The third-order valence-electron chi connectivity index (χ3n) is 9.39. The molecule has 11 N–H and O–H groups in total. The maximum absolute atomic E-state index is 13.6. The van der Waals surface area contributed by atoms with Gasteiger partial charge in [0, 0.05) is 26.2 Å². The second-order valence-corrected chi connectivity index (χ2v) is 19.8. The van der Waals surface area contributed by atoms with Gasteiger partial charge in [0.2, 0.25) is 29.4 Å². The Kier molecular flexibility index (Phi) is 26.0. The molecule has 0 saturated carbocycles. The monoisotopic (exact) mass is 1230 g/mol. The van der Waals surface area contributed by atoms with Gasteiger partial charge in [-0.25, -0.2) is 58.7 Å². The molecule has 0 atom stereocenters. The summed E-state index contributed by atoms with van der Waals surface area (Å²) in [6.07, 6.45) is 0.874. The topological polar surface area (TPSA) is 394 Å². The van der Waals surface area contributed by atoms with Gasteiger partial charge in [0.05, 0.1) is 30.1 Å². The van der Waals surface area contributed by atoms with Gasteiger partial charge in [0.25, 0.3) is 20.0 Å². The Hall–Kier alpha value is -6.65. The Morgan fingerprint density at radius 3 is 1.71 bits per heavy atom. The largest absolute Gasteiger partial charge is 1.00 e. The van der Waals surface area contributed by atoms with Gasteiger partial charge in [-0.05, 0) is 140 Å². The number of aliphatic imine (C=N–C) groups is 3. The van der Waals surface area contributed by atoms with Gasteiger partial charge in [-0.1, -0.05) is 55.4 Å². The van der Waals surface area contributed by atoms with Crippen LogP contribution in [0.2, 0.25) is 0 Å². The molecule has 0 radical (unpaired) electrons. The molecular formula is C43H51Br2F2N16NaO10S2. The number of rotatable bonds is 18. The fraction of sp³-hybridized carbons (Fsp3) is 0.233. The molecule has 0 bridgehead atoms. The van der Waals surface area contributed by atoms with Crippen molar-refractivity contribution in [2.24, 2.45) is 26.4 Å². The van der Waals surface area contributed by atoms with E-state index in [9.17, 15) is 35.6 Å². The Labute approximate surface area is 473 Å². The van der Waals surface area contributed by atoms with Crippen LogP contribution in [0.15, 0.2) is 137 Å². The van der Waals surface area contributed by atoms with E-state index in [1.54, 1.807) is 24.3 Å². The minimum Gasteiger partial charge on any atom is -0.870 e. The summed E-state index contributed by atoms with van der Waals surface area (Å²) in [4.78, 5) is 24.6. The van der Waals surface area contributed by atoms with Crippen molar-refractivity contribution in [1.29, 1.82) is 0 Å². The molecule has 7 rings (SSSR count). The average Bonchev–Trinajstić information content (AvgIpc) is 4.10. The van der Waals surface area contributed by atoms with Gasteiger partial charge < -0.3 is 27.6 Å². The normalized spacial score (nSPS) is 11.6. The van der Waals surface area contributed by atoms with Crippen LogP contribution in [0.25, 0.3) is 17.2 Å². The fourth-order valence-corrected chi connectivity index (χ4v) is 8.48. The van der Waals surface area contributed by atoms with E-state index >= 15 is 0 Å². The van der Waals surface area contributed by atoms with E-state index in [2.05, 4.69) is 92.7 Å². The number of amidine groups is 1. The van der Waals surface area contributed by atoms with Gasteiger partial charge in [0.1, 0.15) is 11.6 Å². The SMILES string of the molecule is C.C.Cc1ccc(S(=O)(=O)NC(N)=NCCCNc2nonc2-c2noc(=O)n2-c2ccc(F)c(Br)c2)cc1.Cc1ccc(S(=O)(=O)NC(N)=NCCCNc2nonc2C(=Nc2ccc(F)c(Br)c2)NO)cc1.[Na+].[OH-]. The van der Waals surface area contributed by atoms with Crippen LogP contribution in [0.4, 0.5) is 26.1 Å². The molecule has 3 aromatic heterocycles. The van der Waals surface area contributed by atoms with Crippen LogP contribution in [-0.4, -0.2) is 102 Å². The van der Waals surface area contributed by atoms with E-state index in [-0.39, 0.29) is 134 Å². The van der Waals surface area contributed by atoms with Crippen molar-refractivity contribution in [3.63, 3.8) is 0 Å². The van der Waals surface area contributed by atoms with Crippen LogP contribution in [-0.2, 0) is 20.0 Å². The zero-order valence-corrected chi connectivity index (χ0v) is 45.8. The van der Waals surface area contributed by atoms with Gasteiger partial charge in [-0.15, -0.1) is 0 Å². The predicted octanol–water partition coefficient (Wildman–Crippen LogP) is 2.71. The smallest absolute Gasteiger partial charge is 0.870 e. The Bertz CT molecular complexity index is 3380. The minimum atomic E-state index is -3.84. The number of halogens is 4. The van der Waals surface area contributed by atoms with Crippen LogP contribution >= 0.6 is 31.9 Å². The first kappa shape index (κ1) is 65.5. The van der Waals surface area contributed by atoms with Gasteiger partial charge in [-0.2, -0.15) is 0 Å². The summed E-state index contributed by atoms with van der Waals surface area (Å²) in [7, 11) is -7.66. The maximum Gasteiger partial charge on any atom is 1.00 e. The Morgan fingerprint density at radius 1 is 0.711 bits per heavy atom. The van der Waals surface area contributed by atoms with Crippen LogP contribution in [0.1, 0.15) is 44.5 Å². The van der Waals surface area contributed by atoms with E-state index < -0.39 is 37.4 Å². The summed E-state index contributed by atoms with van der Waals surface area (Å²) in [5.74, 6) is -2.02. The van der Waals surface area contributed by atoms with Crippen LogP contribution in [0.5, 0.6) is 0 Å². The number of hydrogen-bond donors (Lipinski definition) is 8. The quantitative estimate of drug-likeness (QED) is 0.0201. The number of aryl methyl sites for hydroxylation is 2. The van der Waals surface area contributed by atoms with Crippen molar-refractivity contribution < 1.29 is 79.6 Å². The van der Waals surface area contributed by atoms with Crippen molar-refractivity contribution in [1.82, 2.24) is 45.3 Å². The van der Waals surface area contributed by atoms with Crippen LogP contribution in [0.3, 0.4) is 0 Å². The van der Waals surface area contributed by atoms with Gasteiger partial charge >= 0.3 is 35.3 Å². The van der Waals surface area contributed by atoms with Crippen molar-refractivity contribution >= 4 is 87.0 Å². The summed E-state index contributed by atoms with van der Waals surface area (Å²) in [5, 5.41) is 34.1. The molecule has 0 saturated heterocycles. The summed E-state index contributed by atoms with van der Waals surface area (Å²) in [6.45, 7) is 4.74. The van der Waals surface area contributed by atoms with Crippen molar-refractivity contribution in [3.05, 3.63) is 133 Å². The zero-order chi connectivity index (χ0) is 52.0. The number of sulfonamides is 2. The number of hydroxylamine groups is 1. The Balaban J connectivity index is 0.000000495. The maximum atomic E-state index is 13.6. The number of hydrogen-bond acceptors (Lipinski definition) is 20. The number of anilines is 2. The molecule has 0 aliphatic rings. The molecule has 0 unspecified atom stereocenters. The number of benzene rings is 4. The average molecular weight is 1240 g/mol. The first-order valence-electron chi connectivity index (χ1n) is 20.8. The molecule has 33 heteroatoms. The van der Waals surface area contributed by atoms with E-state index in [0.717, 1.165) is 15.7 Å². The molecule has 0 aliphatic carbocycles. The first-order valence-corrected chi connectivity index (χ1v) is 25.3. The van der Waals surface area contributed by atoms with E-state index in [1.807, 2.05) is 19.3 Å². The molecule has 7 aromatic rings. The minimum absolute atomic E-state index is 0. The second kappa shape index (κ2) is 30.2. The molecule has 3 heterocycles. The summed E-state index contributed by atoms with van der Waals surface area (Å²) >= 11 is 6.14. The molecule has 404 valence electrons. The standard InChI is InChI=1S/C21H20BrFN8O5S.C20H22BrFN8O4S.2CH4.Na.H2O/c1-12-3-6-14(7-4-12)37(33,34)30-20(24)26-10-2-9-25-18-17(27-36-28-18)19-29-35-21(32)31(19)13-5-8-16(23)15(22)11-13;1-12-3-6-14(7-4-12)35(32,33)30-20(23)25-10-2-9-24-18-17(28-34-29-18)19(27-31)26-13-5-8-16(22)15(21)11-13;;;;/h3-8,11H,2,9-10H2,1H3,(H,25,28)(H3,24,26,30);3-8,11,31H,2,9-10H2,1H3,(H,24,29)(H,26,27)(H3,23,25,30);2*1H4;;1H2/q;;;;+1;/p-1. The van der Waals surface area contributed by atoms with E-state index in [4.69, 9.17) is 25.2 Å². The zero-order valence-electron chi connectivity index (χ0n) is 39.0. The van der Waals surface area contributed by atoms with Gasteiger partial charge in [-0.3, -0.25) is 25.2 Å². The van der Waals surface area contributed by atoms with E-state index in [0.29, 0.717) is 31.6 Å². The fourth-order valence-electron chi connectivity index (χ4n) is 5.84. The first-order chi connectivity index (χ1) is 34.3. The number of guanidine groups is 2. The van der Waals surface area contributed by atoms with Crippen LogP contribution in [0, 0.1) is 25.5 Å². The number of nitrogens with one attached hydrogen (secondary N) is 5. The Morgan fingerprint density at radius 2 is 1.20 bits per heavy atom. The molecule has 4 aromatic carbocycles. The second-order valence-electron chi connectivity index (χ2n) is 14.7. The molecule has 26 nitrogen and oxygen atoms in total. The number of nitrogens with zero attached hydrogens (tertiary/aromatic N) is 9. The van der Waals surface area contributed by atoms with Crippen molar-refractivity contribution in [3.8, 4) is 17.2 Å².